The first-order valence-electron chi connectivity index (χ1n) is 13.0. The quantitative estimate of drug-likeness (QED) is 0.0915. The lowest BCUT2D eigenvalue weighted by Gasteiger charge is -2.19. The summed E-state index contributed by atoms with van der Waals surface area (Å²) < 4.78 is 47.5. The van der Waals surface area contributed by atoms with Crippen LogP contribution in [0.3, 0.4) is 0 Å². The molecule has 41 heavy (non-hydrogen) atoms. The third kappa shape index (κ3) is 13.5. The molecule has 0 aliphatic heterocycles. The average molecular weight is 585 g/mol. The van der Waals surface area contributed by atoms with Crippen LogP contribution in [0.1, 0.15) is 41.5 Å². The molecule has 2 rings (SSSR count). The van der Waals surface area contributed by atoms with Crippen molar-refractivity contribution in [2.75, 3.05) is 18.9 Å². The van der Waals surface area contributed by atoms with E-state index in [1.807, 2.05) is 52.8 Å². The summed E-state index contributed by atoms with van der Waals surface area (Å²) in [5.74, 6) is 1.08. The summed E-state index contributed by atoms with van der Waals surface area (Å²) in [6.07, 6.45) is 10.5. The van der Waals surface area contributed by atoms with Crippen LogP contribution in [0.25, 0.3) is 0 Å². The number of benzene rings is 1. The van der Waals surface area contributed by atoms with Crippen LogP contribution >= 0.6 is 0 Å². The van der Waals surface area contributed by atoms with E-state index in [2.05, 4.69) is 32.6 Å². The van der Waals surface area contributed by atoms with Crippen LogP contribution in [-0.2, 0) is 14.9 Å². The molecule has 0 fully saturated rings. The van der Waals surface area contributed by atoms with Gasteiger partial charge in [-0.1, -0.05) is 69.0 Å². The number of aliphatic imine (C=N–C) groups is 1. The highest BCUT2D eigenvalue weighted by Crippen LogP contribution is 2.29. The largest absolute Gasteiger partial charge is 0.493 e. The SMILES string of the molecule is C=C/C=C(\C=C/C)C(C)N=C(OC)/C(Oc1ccccc1OC)=C(\C)NS(=O)(=O)Nc1ccccn1.C=CC.CC. The van der Waals surface area contributed by atoms with Gasteiger partial charge in [0.25, 0.3) is 5.90 Å². The third-order valence-electron chi connectivity index (χ3n) is 4.66. The molecule has 0 bridgehead atoms. The maximum absolute atomic E-state index is 12.8. The van der Waals surface area contributed by atoms with E-state index >= 15 is 0 Å². The third-order valence-corrected chi connectivity index (χ3v) is 5.72. The Balaban J connectivity index is 0.00000299. The molecular formula is C31H44N4O5S. The van der Waals surface area contributed by atoms with Gasteiger partial charge in [-0.25, -0.2) is 9.98 Å². The van der Waals surface area contributed by atoms with Crippen LogP contribution in [-0.4, -0.2) is 39.6 Å². The van der Waals surface area contributed by atoms with Crippen molar-refractivity contribution in [1.29, 1.82) is 0 Å². The fourth-order valence-corrected chi connectivity index (χ4v) is 3.99. The Morgan fingerprint density at radius 1 is 1.05 bits per heavy atom. The molecule has 0 aliphatic rings. The van der Waals surface area contributed by atoms with Crippen LogP contribution < -0.4 is 18.9 Å². The van der Waals surface area contributed by atoms with Crippen molar-refractivity contribution in [3.05, 3.63) is 109 Å². The molecule has 1 heterocycles. The first-order chi connectivity index (χ1) is 19.7. The molecule has 1 unspecified atom stereocenters. The predicted molar refractivity (Wildman–Crippen MR) is 170 cm³/mol. The van der Waals surface area contributed by atoms with Crippen LogP contribution in [0.5, 0.6) is 11.5 Å². The number of nitrogens with zero attached hydrogens (tertiary/aromatic N) is 2. The molecule has 1 aromatic carbocycles. The van der Waals surface area contributed by atoms with Crippen molar-refractivity contribution >= 4 is 21.9 Å². The highest BCUT2D eigenvalue weighted by Gasteiger charge is 2.22. The number of hydrogen-bond acceptors (Lipinski definition) is 7. The molecule has 0 aliphatic carbocycles. The van der Waals surface area contributed by atoms with Crippen molar-refractivity contribution in [1.82, 2.24) is 9.71 Å². The van der Waals surface area contributed by atoms with Crippen molar-refractivity contribution in [2.24, 2.45) is 4.99 Å². The number of rotatable bonds is 12. The van der Waals surface area contributed by atoms with Gasteiger partial charge in [-0.2, -0.15) is 8.42 Å². The minimum atomic E-state index is -4.07. The van der Waals surface area contributed by atoms with Gasteiger partial charge in [0.05, 0.1) is 26.0 Å². The van der Waals surface area contributed by atoms with Crippen LogP contribution in [0.4, 0.5) is 5.82 Å². The Morgan fingerprint density at radius 2 is 1.66 bits per heavy atom. The topological polar surface area (TPSA) is 111 Å². The zero-order chi connectivity index (χ0) is 31.3. The summed E-state index contributed by atoms with van der Waals surface area (Å²) in [4.78, 5) is 8.64. The van der Waals surface area contributed by atoms with E-state index in [9.17, 15) is 8.42 Å². The van der Waals surface area contributed by atoms with Gasteiger partial charge in [-0.3, -0.25) is 9.44 Å². The van der Waals surface area contributed by atoms with Gasteiger partial charge in [-0.15, -0.1) is 6.58 Å². The minimum Gasteiger partial charge on any atom is -0.493 e. The Bertz CT molecular complexity index is 1300. The maximum atomic E-state index is 12.8. The van der Waals surface area contributed by atoms with Gasteiger partial charge < -0.3 is 14.2 Å². The normalized spacial score (nSPS) is 12.8. The average Bonchev–Trinajstić information content (AvgIpc) is 2.96. The summed E-state index contributed by atoms with van der Waals surface area (Å²) in [7, 11) is -1.13. The molecule has 0 saturated carbocycles. The molecule has 0 amide bonds. The lowest BCUT2D eigenvalue weighted by Crippen LogP contribution is -2.32. The number of anilines is 1. The van der Waals surface area contributed by atoms with E-state index in [1.54, 1.807) is 48.6 Å². The van der Waals surface area contributed by atoms with E-state index in [-0.39, 0.29) is 29.2 Å². The van der Waals surface area contributed by atoms with Gasteiger partial charge in [0.2, 0.25) is 5.76 Å². The van der Waals surface area contributed by atoms with E-state index in [0.717, 1.165) is 5.57 Å². The van der Waals surface area contributed by atoms with Crippen LogP contribution in [0, 0.1) is 0 Å². The standard InChI is InChI=1S/C26H32N4O5S.C3H6.C2H6/c1-7-13-21(14-8-2)19(3)28-26(34-6)25(35-23-16-10-9-15-22(23)33-5)20(4)29-36(31,32)30-24-17-11-12-18-27-24;1-3-2;1-2/h7-19,29H,1H2,2-6H3,(H,27,30);3H,1H2,2H3;1-2H3/b14-8-,21-13+,25-20-,28-26?;;. The second-order valence-electron chi connectivity index (χ2n) is 7.75. The molecule has 2 aromatic rings. The van der Waals surface area contributed by atoms with Crippen molar-refractivity contribution in [3.63, 3.8) is 0 Å². The van der Waals surface area contributed by atoms with Gasteiger partial charge in [0, 0.05) is 6.20 Å². The zero-order valence-electron chi connectivity index (χ0n) is 25.3. The first kappa shape index (κ1) is 36.7. The predicted octanol–water partition coefficient (Wildman–Crippen LogP) is 6.99. The van der Waals surface area contributed by atoms with Gasteiger partial charge >= 0.3 is 10.2 Å². The monoisotopic (exact) mass is 584 g/mol. The Labute approximate surface area is 246 Å². The highest BCUT2D eigenvalue weighted by molar-refractivity contribution is 7.90. The number of pyridine rings is 1. The summed E-state index contributed by atoms with van der Waals surface area (Å²) in [6, 6.07) is 11.5. The van der Waals surface area contributed by atoms with Crippen molar-refractivity contribution < 1.29 is 22.6 Å². The highest BCUT2D eigenvalue weighted by atomic mass is 32.2. The van der Waals surface area contributed by atoms with E-state index in [0.29, 0.717) is 11.5 Å². The molecule has 0 saturated heterocycles. The molecule has 2 N–H and O–H groups in total. The molecule has 0 radical (unpaired) electrons. The number of methoxy groups -OCH3 is 2. The fraction of sp³-hybridized carbons (Fsp3) is 0.290. The number of ether oxygens (including phenoxy) is 3. The fourth-order valence-electron chi connectivity index (χ4n) is 3.04. The number of para-hydroxylation sites is 2. The van der Waals surface area contributed by atoms with Gasteiger partial charge in [-0.05, 0) is 57.5 Å². The Kier molecular flexibility index (Phi) is 18.4. The molecule has 9 nitrogen and oxygen atoms in total. The molecule has 10 heteroatoms. The van der Waals surface area contributed by atoms with E-state index in [1.165, 1.54) is 33.4 Å². The first-order valence-corrected chi connectivity index (χ1v) is 14.5. The zero-order valence-corrected chi connectivity index (χ0v) is 26.2. The van der Waals surface area contributed by atoms with E-state index < -0.39 is 10.2 Å². The van der Waals surface area contributed by atoms with E-state index in [4.69, 9.17) is 14.2 Å². The molecule has 0 spiro atoms. The van der Waals surface area contributed by atoms with Gasteiger partial charge in [0.1, 0.15) is 5.82 Å². The molecule has 224 valence electrons. The Morgan fingerprint density at radius 3 is 2.17 bits per heavy atom. The molecular weight excluding hydrogens is 540 g/mol. The minimum absolute atomic E-state index is 0.0543. The Hall–Kier alpha value is -4.31. The molecule has 1 atom stereocenters. The number of nitrogens with one attached hydrogen (secondary N) is 2. The van der Waals surface area contributed by atoms with Crippen LogP contribution in [0.2, 0.25) is 0 Å². The summed E-state index contributed by atoms with van der Waals surface area (Å²) >= 11 is 0. The van der Waals surface area contributed by atoms with Gasteiger partial charge in [0.15, 0.2) is 11.5 Å². The second-order valence-corrected chi connectivity index (χ2v) is 9.17. The smallest absolute Gasteiger partial charge is 0.322 e. The lowest BCUT2D eigenvalue weighted by molar-refractivity contribution is 0.337. The maximum Gasteiger partial charge on any atom is 0.322 e. The molecule has 1 aromatic heterocycles. The number of allylic oxidation sites excluding steroid dienone is 5. The van der Waals surface area contributed by atoms with Crippen molar-refractivity contribution in [3.8, 4) is 11.5 Å². The number of aromatic nitrogens is 1. The number of hydrogen-bond donors (Lipinski definition) is 2. The second kappa shape index (κ2) is 20.6. The van der Waals surface area contributed by atoms with Crippen molar-refractivity contribution in [2.45, 2.75) is 47.6 Å². The summed E-state index contributed by atoms with van der Waals surface area (Å²) in [5, 5.41) is 0. The summed E-state index contributed by atoms with van der Waals surface area (Å²) in [6.45, 7) is 18.3. The summed E-state index contributed by atoms with van der Waals surface area (Å²) in [5.41, 5.74) is 0.992. The lowest BCUT2D eigenvalue weighted by atomic mass is 10.1. The van der Waals surface area contributed by atoms with Crippen LogP contribution in [0.15, 0.2) is 114 Å².